The van der Waals surface area contributed by atoms with Crippen LogP contribution in [0.15, 0.2) is 12.1 Å². The molecule has 1 aromatic rings. The summed E-state index contributed by atoms with van der Waals surface area (Å²) >= 11 is 17.6. The molecule has 0 radical (unpaired) electrons. The minimum atomic E-state index is -0.0674. The van der Waals surface area contributed by atoms with Crippen molar-refractivity contribution in [2.75, 3.05) is 13.1 Å². The predicted octanol–water partition coefficient (Wildman–Crippen LogP) is 3.17. The standard InChI is InChI=1S/C10H9Cl3N2O/c11-7-3-6(4-8(12)9(7)13)5-15-2-1-14-10(15)16/h3-4H,1-2,5H2,(H,14,16). The van der Waals surface area contributed by atoms with Crippen molar-refractivity contribution in [3.8, 4) is 0 Å². The first-order valence-electron chi connectivity index (χ1n) is 4.74. The van der Waals surface area contributed by atoms with E-state index in [1.54, 1.807) is 17.0 Å². The summed E-state index contributed by atoms with van der Waals surface area (Å²) in [5, 5.41) is 3.88. The highest BCUT2D eigenvalue weighted by atomic mass is 35.5. The normalized spacial score (nSPS) is 15.4. The Morgan fingerprint density at radius 2 is 1.88 bits per heavy atom. The molecule has 0 atom stereocenters. The third-order valence-electron chi connectivity index (χ3n) is 2.36. The summed E-state index contributed by atoms with van der Waals surface area (Å²) in [5.74, 6) is 0. The third kappa shape index (κ3) is 2.37. The van der Waals surface area contributed by atoms with Gasteiger partial charge in [0, 0.05) is 19.6 Å². The van der Waals surface area contributed by atoms with Crippen molar-refractivity contribution < 1.29 is 4.79 Å². The lowest BCUT2D eigenvalue weighted by Crippen LogP contribution is -2.27. The fraction of sp³-hybridized carbons (Fsp3) is 0.300. The Labute approximate surface area is 108 Å². The van der Waals surface area contributed by atoms with Crippen molar-refractivity contribution in [2.45, 2.75) is 6.54 Å². The van der Waals surface area contributed by atoms with E-state index < -0.39 is 0 Å². The molecule has 0 saturated carbocycles. The fourth-order valence-electron chi connectivity index (χ4n) is 1.58. The zero-order valence-electron chi connectivity index (χ0n) is 8.27. The van der Waals surface area contributed by atoms with E-state index in [1.807, 2.05) is 0 Å². The molecule has 0 aromatic heterocycles. The highest BCUT2D eigenvalue weighted by Crippen LogP contribution is 2.31. The molecule has 6 heteroatoms. The Morgan fingerprint density at radius 3 is 2.38 bits per heavy atom. The Kier molecular flexibility index (Phi) is 3.47. The molecule has 1 heterocycles. The number of amides is 2. The van der Waals surface area contributed by atoms with Crippen LogP contribution in [0.4, 0.5) is 4.79 Å². The van der Waals surface area contributed by atoms with E-state index in [0.29, 0.717) is 34.7 Å². The van der Waals surface area contributed by atoms with Crippen molar-refractivity contribution in [1.82, 2.24) is 10.2 Å². The van der Waals surface area contributed by atoms with Crippen molar-refractivity contribution in [3.63, 3.8) is 0 Å². The van der Waals surface area contributed by atoms with Gasteiger partial charge in [0.25, 0.3) is 0 Å². The molecule has 16 heavy (non-hydrogen) atoms. The largest absolute Gasteiger partial charge is 0.336 e. The number of nitrogens with zero attached hydrogens (tertiary/aromatic N) is 1. The number of carbonyl (C=O) groups is 1. The lowest BCUT2D eigenvalue weighted by Gasteiger charge is -2.14. The minimum Gasteiger partial charge on any atom is -0.336 e. The van der Waals surface area contributed by atoms with E-state index in [2.05, 4.69) is 5.32 Å². The van der Waals surface area contributed by atoms with Crippen molar-refractivity contribution in [2.24, 2.45) is 0 Å². The summed E-state index contributed by atoms with van der Waals surface area (Å²) in [5.41, 5.74) is 0.872. The first-order valence-corrected chi connectivity index (χ1v) is 5.87. The maximum atomic E-state index is 11.3. The molecule has 86 valence electrons. The van der Waals surface area contributed by atoms with Gasteiger partial charge in [-0.1, -0.05) is 34.8 Å². The highest BCUT2D eigenvalue weighted by molar-refractivity contribution is 6.48. The summed E-state index contributed by atoms with van der Waals surface area (Å²) in [6, 6.07) is 3.38. The van der Waals surface area contributed by atoms with Crippen LogP contribution in [0.25, 0.3) is 0 Å². The smallest absolute Gasteiger partial charge is 0.317 e. The first kappa shape index (κ1) is 11.8. The Morgan fingerprint density at radius 1 is 1.25 bits per heavy atom. The van der Waals surface area contributed by atoms with Crippen LogP contribution in [-0.4, -0.2) is 24.0 Å². The van der Waals surface area contributed by atoms with E-state index in [1.165, 1.54) is 0 Å². The summed E-state index contributed by atoms with van der Waals surface area (Å²) in [4.78, 5) is 13.0. The molecule has 1 aromatic carbocycles. The number of rotatable bonds is 2. The molecule has 1 aliphatic heterocycles. The maximum Gasteiger partial charge on any atom is 0.317 e. The van der Waals surface area contributed by atoms with Gasteiger partial charge in [-0.3, -0.25) is 0 Å². The van der Waals surface area contributed by atoms with Gasteiger partial charge in [-0.25, -0.2) is 4.79 Å². The average Bonchev–Trinajstić information content (AvgIpc) is 2.61. The topological polar surface area (TPSA) is 32.3 Å². The first-order chi connectivity index (χ1) is 7.58. The quantitative estimate of drug-likeness (QED) is 0.829. The zero-order valence-corrected chi connectivity index (χ0v) is 10.5. The van der Waals surface area contributed by atoms with Crippen LogP contribution in [0.3, 0.4) is 0 Å². The Bertz CT molecular complexity index is 413. The number of carbonyl (C=O) groups excluding carboxylic acids is 1. The lowest BCUT2D eigenvalue weighted by molar-refractivity contribution is 0.215. The number of nitrogens with one attached hydrogen (secondary N) is 1. The summed E-state index contributed by atoms with van der Waals surface area (Å²) in [6.07, 6.45) is 0. The van der Waals surface area contributed by atoms with Crippen LogP contribution < -0.4 is 5.32 Å². The predicted molar refractivity (Wildman–Crippen MR) is 65.3 cm³/mol. The van der Waals surface area contributed by atoms with Crippen LogP contribution in [0.2, 0.25) is 15.1 Å². The monoisotopic (exact) mass is 278 g/mol. The lowest BCUT2D eigenvalue weighted by atomic mass is 10.2. The number of halogens is 3. The maximum absolute atomic E-state index is 11.3. The molecular formula is C10H9Cl3N2O. The summed E-state index contributed by atoms with van der Waals surface area (Å²) in [7, 11) is 0. The van der Waals surface area contributed by atoms with Gasteiger partial charge in [0.1, 0.15) is 0 Å². The molecule has 0 aliphatic carbocycles. The van der Waals surface area contributed by atoms with Gasteiger partial charge < -0.3 is 10.2 Å². The van der Waals surface area contributed by atoms with Gasteiger partial charge in [0.2, 0.25) is 0 Å². The van der Waals surface area contributed by atoms with Crippen LogP contribution in [0, 0.1) is 0 Å². The Hall–Kier alpha value is -0.640. The van der Waals surface area contributed by atoms with Crippen molar-refractivity contribution in [1.29, 1.82) is 0 Å². The Balaban J connectivity index is 2.18. The zero-order chi connectivity index (χ0) is 11.7. The van der Waals surface area contributed by atoms with Gasteiger partial charge in [-0.15, -0.1) is 0 Å². The molecule has 1 aliphatic rings. The van der Waals surface area contributed by atoms with Gasteiger partial charge >= 0.3 is 6.03 Å². The number of hydrogen-bond acceptors (Lipinski definition) is 1. The number of hydrogen-bond donors (Lipinski definition) is 1. The fourth-order valence-corrected chi connectivity index (χ4v) is 2.22. The van der Waals surface area contributed by atoms with Crippen LogP contribution in [-0.2, 0) is 6.54 Å². The summed E-state index contributed by atoms with van der Waals surface area (Å²) in [6.45, 7) is 1.85. The molecular weight excluding hydrogens is 270 g/mol. The van der Waals surface area contributed by atoms with E-state index >= 15 is 0 Å². The second kappa shape index (κ2) is 4.70. The molecule has 0 unspecified atom stereocenters. The van der Waals surface area contributed by atoms with E-state index in [4.69, 9.17) is 34.8 Å². The van der Waals surface area contributed by atoms with Gasteiger partial charge in [-0.2, -0.15) is 0 Å². The number of urea groups is 1. The van der Waals surface area contributed by atoms with E-state index in [0.717, 1.165) is 5.56 Å². The molecule has 0 bridgehead atoms. The molecule has 2 rings (SSSR count). The van der Waals surface area contributed by atoms with Crippen molar-refractivity contribution in [3.05, 3.63) is 32.8 Å². The van der Waals surface area contributed by atoms with Crippen LogP contribution >= 0.6 is 34.8 Å². The van der Waals surface area contributed by atoms with E-state index in [-0.39, 0.29) is 6.03 Å². The molecule has 3 nitrogen and oxygen atoms in total. The molecule has 0 spiro atoms. The number of benzene rings is 1. The van der Waals surface area contributed by atoms with Gasteiger partial charge in [0.05, 0.1) is 15.1 Å². The van der Waals surface area contributed by atoms with Gasteiger partial charge in [0.15, 0.2) is 0 Å². The molecule has 1 N–H and O–H groups in total. The van der Waals surface area contributed by atoms with Crippen molar-refractivity contribution >= 4 is 40.8 Å². The van der Waals surface area contributed by atoms with Crippen LogP contribution in [0.1, 0.15) is 5.56 Å². The molecule has 2 amide bonds. The summed E-state index contributed by atoms with van der Waals surface area (Å²) < 4.78 is 0. The SMILES string of the molecule is O=C1NCCN1Cc1cc(Cl)c(Cl)c(Cl)c1. The second-order valence-corrected chi connectivity index (χ2v) is 4.72. The van der Waals surface area contributed by atoms with E-state index in [9.17, 15) is 4.79 Å². The molecule has 1 saturated heterocycles. The highest BCUT2D eigenvalue weighted by Gasteiger charge is 2.19. The van der Waals surface area contributed by atoms with Gasteiger partial charge in [-0.05, 0) is 17.7 Å². The average molecular weight is 280 g/mol. The van der Waals surface area contributed by atoms with Crippen LogP contribution in [0.5, 0.6) is 0 Å². The minimum absolute atomic E-state index is 0.0674. The second-order valence-electron chi connectivity index (χ2n) is 3.53. The third-order valence-corrected chi connectivity index (χ3v) is 3.56. The molecule has 1 fully saturated rings.